The van der Waals surface area contributed by atoms with Gasteiger partial charge in [0.25, 0.3) is 0 Å². The Morgan fingerprint density at radius 2 is 1.94 bits per heavy atom. The first-order chi connectivity index (χ1) is 8.11. The number of H-pyrrole nitrogens is 1. The topological polar surface area (TPSA) is 42.1 Å². The van der Waals surface area contributed by atoms with Gasteiger partial charge in [-0.1, -0.05) is 6.07 Å². The van der Waals surface area contributed by atoms with E-state index in [1.54, 1.807) is 0 Å². The summed E-state index contributed by atoms with van der Waals surface area (Å²) in [6, 6.07) is 5.05. The largest absolute Gasteiger partial charge is 0.464 e. The summed E-state index contributed by atoms with van der Waals surface area (Å²) in [5.74, 6) is -2.35. The van der Waals surface area contributed by atoms with Crippen LogP contribution in [0.4, 0.5) is 8.78 Å². The molecule has 0 spiro atoms. The third kappa shape index (κ3) is 2.18. The number of hydrogen-bond acceptors (Lipinski definition) is 2. The molecule has 0 aliphatic heterocycles. The minimum Gasteiger partial charge on any atom is -0.464 e. The Kier molecular flexibility index (Phi) is 2.91. The molecule has 0 amide bonds. The van der Waals surface area contributed by atoms with Crippen molar-refractivity contribution in [3.05, 3.63) is 47.8 Å². The van der Waals surface area contributed by atoms with Gasteiger partial charge in [-0.05, 0) is 23.8 Å². The number of rotatable bonds is 2. The minimum atomic E-state index is -0.927. The standard InChI is InChI=1S/C12H9F2NO2/c1-17-12(16)11-5-8(6-15-11)7-2-3-9(13)10(14)4-7/h2-6,15H,1H3. The Balaban J connectivity index is 2.37. The van der Waals surface area contributed by atoms with Gasteiger partial charge in [0.15, 0.2) is 11.6 Å². The van der Waals surface area contributed by atoms with Gasteiger partial charge in [0.05, 0.1) is 7.11 Å². The van der Waals surface area contributed by atoms with E-state index in [-0.39, 0.29) is 5.69 Å². The van der Waals surface area contributed by atoms with E-state index in [2.05, 4.69) is 9.72 Å². The molecule has 1 aromatic carbocycles. The molecule has 0 radical (unpaired) electrons. The summed E-state index contributed by atoms with van der Waals surface area (Å²) in [6.07, 6.45) is 1.53. The van der Waals surface area contributed by atoms with E-state index in [9.17, 15) is 13.6 Å². The van der Waals surface area contributed by atoms with Crippen molar-refractivity contribution < 1.29 is 18.3 Å². The molecule has 88 valence electrons. The van der Waals surface area contributed by atoms with Crippen LogP contribution < -0.4 is 0 Å². The highest BCUT2D eigenvalue weighted by atomic mass is 19.2. The van der Waals surface area contributed by atoms with E-state index in [0.717, 1.165) is 12.1 Å². The van der Waals surface area contributed by atoms with Crippen LogP contribution in [0.15, 0.2) is 30.5 Å². The molecule has 2 aromatic rings. The van der Waals surface area contributed by atoms with Crippen molar-refractivity contribution in [1.29, 1.82) is 0 Å². The Hall–Kier alpha value is -2.17. The zero-order valence-corrected chi connectivity index (χ0v) is 8.96. The average molecular weight is 237 g/mol. The quantitative estimate of drug-likeness (QED) is 0.816. The Bertz CT molecular complexity index is 563. The number of halogens is 2. The molecule has 5 heteroatoms. The van der Waals surface area contributed by atoms with Crippen LogP contribution in [0.3, 0.4) is 0 Å². The van der Waals surface area contributed by atoms with Gasteiger partial charge < -0.3 is 9.72 Å². The maximum atomic E-state index is 13.0. The van der Waals surface area contributed by atoms with Crippen molar-refractivity contribution in [2.24, 2.45) is 0 Å². The van der Waals surface area contributed by atoms with E-state index in [1.165, 1.54) is 25.4 Å². The van der Waals surface area contributed by atoms with Crippen LogP contribution >= 0.6 is 0 Å². The number of benzene rings is 1. The molecule has 0 saturated heterocycles. The van der Waals surface area contributed by atoms with E-state index in [0.29, 0.717) is 11.1 Å². The van der Waals surface area contributed by atoms with E-state index < -0.39 is 17.6 Å². The van der Waals surface area contributed by atoms with E-state index in [4.69, 9.17) is 0 Å². The number of carbonyl (C=O) groups excluding carboxylic acids is 1. The van der Waals surface area contributed by atoms with Gasteiger partial charge in [-0.3, -0.25) is 0 Å². The third-order valence-electron chi connectivity index (χ3n) is 2.34. The second kappa shape index (κ2) is 4.37. The molecule has 1 aromatic heterocycles. The van der Waals surface area contributed by atoms with Gasteiger partial charge in [-0.15, -0.1) is 0 Å². The van der Waals surface area contributed by atoms with Gasteiger partial charge in [0, 0.05) is 11.8 Å². The summed E-state index contributed by atoms with van der Waals surface area (Å²) in [5, 5.41) is 0. The highest BCUT2D eigenvalue weighted by Crippen LogP contribution is 2.22. The molecular formula is C12H9F2NO2. The van der Waals surface area contributed by atoms with Crippen molar-refractivity contribution in [2.75, 3.05) is 7.11 Å². The monoisotopic (exact) mass is 237 g/mol. The first kappa shape index (κ1) is 11.3. The second-order valence-corrected chi connectivity index (χ2v) is 3.42. The maximum Gasteiger partial charge on any atom is 0.354 e. The first-order valence-corrected chi connectivity index (χ1v) is 4.84. The molecule has 1 N–H and O–H groups in total. The summed E-state index contributed by atoms with van der Waals surface area (Å²) in [7, 11) is 1.26. The number of hydrogen-bond donors (Lipinski definition) is 1. The van der Waals surface area contributed by atoms with Crippen molar-refractivity contribution >= 4 is 5.97 Å². The van der Waals surface area contributed by atoms with Crippen LogP contribution in [-0.2, 0) is 4.74 Å². The number of nitrogens with one attached hydrogen (secondary N) is 1. The fourth-order valence-electron chi connectivity index (χ4n) is 1.46. The zero-order valence-electron chi connectivity index (χ0n) is 8.96. The normalized spacial score (nSPS) is 10.3. The Morgan fingerprint density at radius 3 is 2.59 bits per heavy atom. The van der Waals surface area contributed by atoms with Gasteiger partial charge in [0.1, 0.15) is 5.69 Å². The molecule has 0 saturated carbocycles. The van der Waals surface area contributed by atoms with Crippen LogP contribution in [-0.4, -0.2) is 18.1 Å². The lowest BCUT2D eigenvalue weighted by molar-refractivity contribution is 0.0595. The maximum absolute atomic E-state index is 13.0. The number of methoxy groups -OCH3 is 1. The second-order valence-electron chi connectivity index (χ2n) is 3.42. The molecule has 0 aliphatic rings. The van der Waals surface area contributed by atoms with Crippen molar-refractivity contribution in [2.45, 2.75) is 0 Å². The molecule has 0 bridgehead atoms. The summed E-state index contributed by atoms with van der Waals surface area (Å²) in [5.41, 5.74) is 1.33. The number of ether oxygens (including phenoxy) is 1. The van der Waals surface area contributed by atoms with Crippen LogP contribution in [0.25, 0.3) is 11.1 Å². The Labute approximate surface area is 96.0 Å². The fraction of sp³-hybridized carbons (Fsp3) is 0.0833. The highest BCUT2D eigenvalue weighted by Gasteiger charge is 2.10. The van der Waals surface area contributed by atoms with Gasteiger partial charge >= 0.3 is 5.97 Å². The summed E-state index contributed by atoms with van der Waals surface area (Å²) in [4.78, 5) is 13.9. The third-order valence-corrected chi connectivity index (χ3v) is 2.34. The van der Waals surface area contributed by atoms with Crippen molar-refractivity contribution in [3.63, 3.8) is 0 Å². The smallest absolute Gasteiger partial charge is 0.354 e. The van der Waals surface area contributed by atoms with Crippen LogP contribution in [0.2, 0.25) is 0 Å². The number of aromatic amines is 1. The SMILES string of the molecule is COC(=O)c1cc(-c2ccc(F)c(F)c2)c[nH]1. The first-order valence-electron chi connectivity index (χ1n) is 4.84. The van der Waals surface area contributed by atoms with Gasteiger partial charge in [0.2, 0.25) is 0 Å². The minimum absolute atomic E-state index is 0.257. The molecule has 17 heavy (non-hydrogen) atoms. The zero-order chi connectivity index (χ0) is 12.4. The molecule has 0 atom stereocenters. The lowest BCUT2D eigenvalue weighted by Crippen LogP contribution is -2.00. The van der Waals surface area contributed by atoms with Gasteiger partial charge in [-0.25, -0.2) is 13.6 Å². The number of esters is 1. The summed E-state index contributed by atoms with van der Waals surface area (Å²) in [6.45, 7) is 0. The van der Waals surface area contributed by atoms with Crippen LogP contribution in [0.1, 0.15) is 10.5 Å². The molecule has 1 heterocycles. The molecule has 0 aliphatic carbocycles. The van der Waals surface area contributed by atoms with Gasteiger partial charge in [-0.2, -0.15) is 0 Å². The highest BCUT2D eigenvalue weighted by molar-refractivity contribution is 5.89. The van der Waals surface area contributed by atoms with Crippen molar-refractivity contribution in [1.82, 2.24) is 4.98 Å². The lowest BCUT2D eigenvalue weighted by Gasteiger charge is -1.98. The number of carbonyl (C=O) groups is 1. The molecular weight excluding hydrogens is 228 g/mol. The molecule has 2 rings (SSSR count). The molecule has 0 fully saturated rings. The number of aromatic nitrogens is 1. The van der Waals surface area contributed by atoms with E-state index >= 15 is 0 Å². The van der Waals surface area contributed by atoms with Crippen LogP contribution in [0, 0.1) is 11.6 Å². The fourth-order valence-corrected chi connectivity index (χ4v) is 1.46. The van der Waals surface area contributed by atoms with Crippen molar-refractivity contribution in [3.8, 4) is 11.1 Å². The summed E-state index contributed by atoms with van der Waals surface area (Å²) >= 11 is 0. The molecule has 0 unspecified atom stereocenters. The lowest BCUT2D eigenvalue weighted by atomic mass is 10.1. The predicted molar refractivity (Wildman–Crippen MR) is 57.5 cm³/mol. The van der Waals surface area contributed by atoms with E-state index in [1.807, 2.05) is 0 Å². The predicted octanol–water partition coefficient (Wildman–Crippen LogP) is 2.75. The Morgan fingerprint density at radius 1 is 1.18 bits per heavy atom. The summed E-state index contributed by atoms with van der Waals surface area (Å²) < 4.78 is 30.3. The average Bonchev–Trinajstić information content (AvgIpc) is 2.81. The molecule has 3 nitrogen and oxygen atoms in total. The van der Waals surface area contributed by atoms with Crippen LogP contribution in [0.5, 0.6) is 0 Å².